The molecule has 0 aliphatic carbocycles. The molecule has 0 saturated carbocycles. The van der Waals surface area contributed by atoms with Gasteiger partial charge in [0.25, 0.3) is 11.7 Å². The number of Topliss-reactive ketones (excluding diaryl/α,β-unsaturated/α-hetero) is 1. The molecule has 33 heavy (non-hydrogen) atoms. The molecular formula is C24H19ClFNO5S. The highest BCUT2D eigenvalue weighted by molar-refractivity contribution is 7.09. The molecule has 1 fully saturated rings. The second kappa shape index (κ2) is 9.25. The number of ketones is 1. The van der Waals surface area contributed by atoms with Gasteiger partial charge in [-0.25, -0.2) is 4.39 Å². The Morgan fingerprint density at radius 3 is 2.42 bits per heavy atom. The number of amides is 1. The van der Waals surface area contributed by atoms with Crippen molar-refractivity contribution in [3.05, 3.63) is 86.3 Å². The summed E-state index contributed by atoms with van der Waals surface area (Å²) in [6, 6.07) is 11.1. The van der Waals surface area contributed by atoms with Crippen molar-refractivity contribution in [3.63, 3.8) is 0 Å². The summed E-state index contributed by atoms with van der Waals surface area (Å²) in [5.41, 5.74) is 0.472. The third-order valence-corrected chi connectivity index (χ3v) is 6.52. The number of hydrogen-bond donors (Lipinski definition) is 1. The number of aliphatic hydroxyl groups excluding tert-OH is 1. The number of carbonyl (C=O) groups excluding carboxylic acids is 2. The average molecular weight is 488 g/mol. The normalized spacial score (nSPS) is 17.5. The van der Waals surface area contributed by atoms with Crippen LogP contribution in [-0.4, -0.2) is 35.9 Å². The molecule has 3 aromatic rings. The maximum absolute atomic E-state index is 13.6. The number of carbonyl (C=O) groups is 2. The lowest BCUT2D eigenvalue weighted by atomic mass is 9.95. The van der Waals surface area contributed by atoms with E-state index in [2.05, 4.69) is 0 Å². The molecule has 1 aliphatic rings. The maximum Gasteiger partial charge on any atom is 0.295 e. The molecule has 9 heteroatoms. The van der Waals surface area contributed by atoms with Crippen molar-refractivity contribution in [2.24, 2.45) is 0 Å². The minimum Gasteiger partial charge on any atom is -0.507 e. The van der Waals surface area contributed by atoms with Crippen molar-refractivity contribution in [2.75, 3.05) is 14.2 Å². The van der Waals surface area contributed by atoms with Crippen molar-refractivity contribution < 1.29 is 28.6 Å². The number of methoxy groups -OCH3 is 2. The first-order valence-electron chi connectivity index (χ1n) is 9.83. The van der Waals surface area contributed by atoms with Crippen molar-refractivity contribution in [1.82, 2.24) is 4.90 Å². The molecule has 1 saturated heterocycles. The van der Waals surface area contributed by atoms with E-state index in [1.165, 1.54) is 66.9 Å². The number of aliphatic hydroxyl groups is 1. The molecule has 0 bridgehead atoms. The number of thiophene rings is 1. The predicted molar refractivity (Wildman–Crippen MR) is 123 cm³/mol. The van der Waals surface area contributed by atoms with E-state index in [0.29, 0.717) is 11.3 Å². The highest BCUT2D eigenvalue weighted by Crippen LogP contribution is 2.43. The van der Waals surface area contributed by atoms with E-state index < -0.39 is 29.3 Å². The van der Waals surface area contributed by atoms with Crippen LogP contribution in [0, 0.1) is 5.82 Å². The summed E-state index contributed by atoms with van der Waals surface area (Å²) in [6.07, 6.45) is 0. The number of likely N-dealkylation sites (tertiary alicyclic amines) is 1. The molecular weight excluding hydrogens is 469 g/mol. The van der Waals surface area contributed by atoms with Gasteiger partial charge < -0.3 is 19.5 Å². The summed E-state index contributed by atoms with van der Waals surface area (Å²) in [7, 11) is 2.83. The number of halogens is 2. The third-order valence-electron chi connectivity index (χ3n) is 5.36. The molecule has 170 valence electrons. The zero-order valence-electron chi connectivity index (χ0n) is 17.7. The number of ether oxygens (including phenoxy) is 2. The Balaban J connectivity index is 1.91. The van der Waals surface area contributed by atoms with Crippen LogP contribution < -0.4 is 9.47 Å². The number of hydrogen-bond acceptors (Lipinski definition) is 6. The SMILES string of the molecule is COc1cc(OC)c(/C(O)=C2\C(=O)C(=O)N(Cc3cccs3)C2c2ccc(F)cc2)cc1Cl. The smallest absolute Gasteiger partial charge is 0.295 e. The number of benzene rings is 2. The van der Waals surface area contributed by atoms with Gasteiger partial charge in [0, 0.05) is 10.9 Å². The predicted octanol–water partition coefficient (Wildman–Crippen LogP) is 5.18. The van der Waals surface area contributed by atoms with Crippen LogP contribution in [0.5, 0.6) is 11.5 Å². The topological polar surface area (TPSA) is 76.1 Å². The minimum atomic E-state index is -0.932. The summed E-state index contributed by atoms with van der Waals surface area (Å²) in [4.78, 5) is 28.4. The van der Waals surface area contributed by atoms with Gasteiger partial charge in [0.2, 0.25) is 0 Å². The van der Waals surface area contributed by atoms with Gasteiger partial charge in [0.1, 0.15) is 23.1 Å². The van der Waals surface area contributed by atoms with Crippen molar-refractivity contribution in [1.29, 1.82) is 0 Å². The van der Waals surface area contributed by atoms with Gasteiger partial charge in [-0.05, 0) is 35.2 Å². The first-order valence-corrected chi connectivity index (χ1v) is 11.1. The molecule has 1 aliphatic heterocycles. The molecule has 2 heterocycles. The summed E-state index contributed by atoms with van der Waals surface area (Å²) >= 11 is 7.69. The summed E-state index contributed by atoms with van der Waals surface area (Å²) in [5, 5.41) is 13.3. The van der Waals surface area contributed by atoms with Crippen LogP contribution in [0.15, 0.2) is 59.5 Å². The van der Waals surface area contributed by atoms with Crippen LogP contribution in [0.3, 0.4) is 0 Å². The van der Waals surface area contributed by atoms with E-state index in [0.717, 1.165) is 4.88 Å². The first-order chi connectivity index (χ1) is 15.8. The average Bonchev–Trinajstić information content (AvgIpc) is 3.41. The van der Waals surface area contributed by atoms with Gasteiger partial charge in [0.05, 0.1) is 43.0 Å². The van der Waals surface area contributed by atoms with E-state index in [4.69, 9.17) is 21.1 Å². The number of nitrogens with zero attached hydrogens (tertiary/aromatic N) is 1. The van der Waals surface area contributed by atoms with E-state index in [-0.39, 0.29) is 28.5 Å². The molecule has 2 aromatic carbocycles. The first kappa shape index (κ1) is 22.8. The molecule has 4 rings (SSSR count). The zero-order chi connectivity index (χ0) is 23.7. The van der Waals surface area contributed by atoms with E-state index in [1.54, 1.807) is 0 Å². The van der Waals surface area contributed by atoms with Crippen molar-refractivity contribution in [3.8, 4) is 11.5 Å². The summed E-state index contributed by atoms with van der Waals surface area (Å²) < 4.78 is 24.2. The molecule has 1 amide bonds. The lowest BCUT2D eigenvalue weighted by molar-refractivity contribution is -0.140. The Hall–Kier alpha value is -3.36. The quantitative estimate of drug-likeness (QED) is 0.294. The van der Waals surface area contributed by atoms with Crippen molar-refractivity contribution >= 4 is 40.4 Å². The second-order valence-corrected chi connectivity index (χ2v) is 8.68. The molecule has 1 N–H and O–H groups in total. The fraction of sp³-hybridized carbons (Fsp3) is 0.167. The molecule has 6 nitrogen and oxygen atoms in total. The van der Waals surface area contributed by atoms with Crippen LogP contribution in [0.1, 0.15) is 22.0 Å². The fourth-order valence-corrected chi connectivity index (χ4v) is 4.74. The fourth-order valence-electron chi connectivity index (χ4n) is 3.80. The largest absolute Gasteiger partial charge is 0.507 e. The molecule has 1 atom stereocenters. The molecule has 0 spiro atoms. The maximum atomic E-state index is 13.6. The van der Waals surface area contributed by atoms with Crippen LogP contribution in [-0.2, 0) is 16.1 Å². The third kappa shape index (κ3) is 4.19. The molecule has 0 radical (unpaired) electrons. The van der Waals surface area contributed by atoms with Gasteiger partial charge >= 0.3 is 0 Å². The van der Waals surface area contributed by atoms with E-state index >= 15 is 0 Å². The summed E-state index contributed by atoms with van der Waals surface area (Å²) in [6.45, 7) is 0.154. The lowest BCUT2D eigenvalue weighted by Crippen LogP contribution is -2.28. The Morgan fingerprint density at radius 2 is 1.82 bits per heavy atom. The Bertz CT molecular complexity index is 1240. The Kier molecular flexibility index (Phi) is 6.40. The van der Waals surface area contributed by atoms with Gasteiger partial charge in [-0.15, -0.1) is 11.3 Å². The van der Waals surface area contributed by atoms with Crippen molar-refractivity contribution in [2.45, 2.75) is 12.6 Å². The lowest BCUT2D eigenvalue weighted by Gasteiger charge is -2.25. The Morgan fingerprint density at radius 1 is 1.12 bits per heavy atom. The van der Waals surface area contributed by atoms with Crippen LogP contribution in [0.2, 0.25) is 5.02 Å². The molecule has 1 unspecified atom stereocenters. The Labute approximate surface area is 198 Å². The second-order valence-electron chi connectivity index (χ2n) is 7.24. The standard InChI is InChI=1S/C24H19ClFNO5S/c1-31-18-11-19(32-2)17(25)10-16(18)22(28)20-21(13-5-7-14(26)8-6-13)27(24(30)23(20)29)12-15-4-3-9-33-15/h3-11,21,28H,12H2,1-2H3/b22-20+. The minimum absolute atomic E-state index is 0.129. The van der Waals surface area contributed by atoms with Crippen LogP contribution in [0.4, 0.5) is 4.39 Å². The summed E-state index contributed by atoms with van der Waals surface area (Å²) in [5.74, 6) is -2.00. The van der Waals surface area contributed by atoms with E-state index in [9.17, 15) is 19.1 Å². The van der Waals surface area contributed by atoms with Gasteiger partial charge in [0.15, 0.2) is 0 Å². The monoisotopic (exact) mass is 487 g/mol. The van der Waals surface area contributed by atoms with Crippen LogP contribution >= 0.6 is 22.9 Å². The number of rotatable bonds is 6. The highest BCUT2D eigenvalue weighted by atomic mass is 35.5. The van der Waals surface area contributed by atoms with Gasteiger partial charge in [-0.1, -0.05) is 29.8 Å². The highest BCUT2D eigenvalue weighted by Gasteiger charge is 2.46. The van der Waals surface area contributed by atoms with Gasteiger partial charge in [-0.2, -0.15) is 0 Å². The van der Waals surface area contributed by atoms with Gasteiger partial charge in [-0.3, -0.25) is 9.59 Å². The van der Waals surface area contributed by atoms with Crippen LogP contribution in [0.25, 0.3) is 5.76 Å². The molecule has 1 aromatic heterocycles. The zero-order valence-corrected chi connectivity index (χ0v) is 19.2. The van der Waals surface area contributed by atoms with E-state index in [1.807, 2.05) is 17.5 Å².